The quantitative estimate of drug-likeness (QED) is 0.736. The summed E-state index contributed by atoms with van der Waals surface area (Å²) in [6.45, 7) is 1.67. The van der Waals surface area contributed by atoms with Gasteiger partial charge in [-0.3, -0.25) is 14.5 Å². The van der Waals surface area contributed by atoms with E-state index in [1.54, 1.807) is 0 Å². The Labute approximate surface area is 124 Å². The van der Waals surface area contributed by atoms with Crippen molar-refractivity contribution in [3.63, 3.8) is 0 Å². The minimum atomic E-state index is -0.274. The number of carbonyl (C=O) groups excluding carboxylic acids is 2. The summed E-state index contributed by atoms with van der Waals surface area (Å²) in [5.74, 6) is -0.432. The topological polar surface area (TPSA) is 40.6 Å². The second kappa shape index (κ2) is 5.76. The van der Waals surface area contributed by atoms with E-state index in [-0.39, 0.29) is 22.9 Å². The fourth-order valence-electron chi connectivity index (χ4n) is 3.57. The van der Waals surface area contributed by atoms with Crippen molar-refractivity contribution in [2.45, 2.75) is 57.4 Å². The largest absolute Gasteiger partial charge is 0.366 e. The molecule has 0 atom stereocenters. The van der Waals surface area contributed by atoms with Crippen LogP contribution < -0.4 is 0 Å². The molecule has 2 aliphatic heterocycles. The highest BCUT2D eigenvalue weighted by Gasteiger charge is 2.43. The third kappa shape index (κ3) is 2.34. The summed E-state index contributed by atoms with van der Waals surface area (Å²) in [5.41, 5.74) is 0.460. The number of carbonyl (C=O) groups is 2. The van der Waals surface area contributed by atoms with Crippen molar-refractivity contribution in [3.8, 4) is 0 Å². The molecule has 0 aromatic rings. The average molecular weight is 297 g/mol. The van der Waals surface area contributed by atoms with Crippen LogP contribution in [-0.4, -0.2) is 40.7 Å². The molecular formula is C15H21ClN2O2. The van der Waals surface area contributed by atoms with Crippen molar-refractivity contribution in [2.24, 2.45) is 0 Å². The number of nitrogens with zero attached hydrogens (tertiary/aromatic N) is 2. The zero-order valence-electron chi connectivity index (χ0n) is 11.7. The molecule has 3 rings (SSSR count). The molecule has 0 aromatic carbocycles. The Morgan fingerprint density at radius 3 is 2.10 bits per heavy atom. The van der Waals surface area contributed by atoms with E-state index in [1.807, 2.05) is 4.90 Å². The minimum Gasteiger partial charge on any atom is -0.366 e. The fourth-order valence-corrected chi connectivity index (χ4v) is 3.86. The van der Waals surface area contributed by atoms with Crippen molar-refractivity contribution < 1.29 is 9.59 Å². The molecule has 1 aliphatic carbocycles. The van der Waals surface area contributed by atoms with Crippen molar-refractivity contribution in [1.29, 1.82) is 0 Å². The molecule has 2 fully saturated rings. The van der Waals surface area contributed by atoms with Crippen molar-refractivity contribution in [1.82, 2.24) is 9.80 Å². The van der Waals surface area contributed by atoms with Gasteiger partial charge >= 0.3 is 0 Å². The van der Waals surface area contributed by atoms with Crippen LogP contribution in [0, 0.1) is 0 Å². The maximum atomic E-state index is 12.6. The molecule has 3 aliphatic rings. The lowest BCUT2D eigenvalue weighted by Gasteiger charge is -2.32. The molecule has 0 bridgehead atoms. The van der Waals surface area contributed by atoms with Crippen LogP contribution in [0.4, 0.5) is 0 Å². The number of halogens is 1. The van der Waals surface area contributed by atoms with Gasteiger partial charge in [-0.15, -0.1) is 0 Å². The Morgan fingerprint density at radius 1 is 0.850 bits per heavy atom. The summed E-state index contributed by atoms with van der Waals surface area (Å²) in [6.07, 6.45) is 8.57. The molecule has 4 nitrogen and oxygen atoms in total. The molecule has 1 saturated carbocycles. The third-order valence-corrected chi connectivity index (χ3v) is 4.99. The Morgan fingerprint density at radius 2 is 1.45 bits per heavy atom. The second-order valence-corrected chi connectivity index (χ2v) is 6.36. The molecule has 0 radical (unpaired) electrons. The van der Waals surface area contributed by atoms with Gasteiger partial charge in [0.25, 0.3) is 11.8 Å². The first kappa shape index (κ1) is 13.9. The summed E-state index contributed by atoms with van der Waals surface area (Å²) in [4.78, 5) is 28.4. The first-order valence-corrected chi connectivity index (χ1v) is 8.10. The summed E-state index contributed by atoms with van der Waals surface area (Å²) in [6, 6.07) is 0.0554. The Kier molecular flexibility index (Phi) is 4.01. The van der Waals surface area contributed by atoms with Crippen LogP contribution in [0.25, 0.3) is 0 Å². The van der Waals surface area contributed by atoms with Gasteiger partial charge in [0.2, 0.25) is 0 Å². The lowest BCUT2D eigenvalue weighted by atomic mass is 9.94. The van der Waals surface area contributed by atoms with Gasteiger partial charge in [0.05, 0.1) is 0 Å². The van der Waals surface area contributed by atoms with Gasteiger partial charge in [-0.1, -0.05) is 30.9 Å². The predicted molar refractivity (Wildman–Crippen MR) is 77.0 cm³/mol. The number of likely N-dealkylation sites (tertiary alicyclic amines) is 1. The number of hydrogen-bond acceptors (Lipinski definition) is 3. The van der Waals surface area contributed by atoms with Crippen LogP contribution in [-0.2, 0) is 9.59 Å². The van der Waals surface area contributed by atoms with Crippen LogP contribution >= 0.6 is 11.6 Å². The third-order valence-electron chi connectivity index (χ3n) is 4.65. The number of piperidine rings is 1. The SMILES string of the molecule is O=C1C(Cl)=C(N2CCCCC2)C(=O)N1C1CCCCC1. The first-order valence-electron chi connectivity index (χ1n) is 7.73. The monoisotopic (exact) mass is 296 g/mol. The Balaban J connectivity index is 1.80. The molecular weight excluding hydrogens is 276 g/mol. The van der Waals surface area contributed by atoms with E-state index in [0.717, 1.165) is 51.6 Å². The van der Waals surface area contributed by atoms with Gasteiger partial charge in [0.15, 0.2) is 0 Å². The summed E-state index contributed by atoms with van der Waals surface area (Å²) < 4.78 is 0. The Hall–Kier alpha value is -1.03. The molecule has 110 valence electrons. The van der Waals surface area contributed by atoms with Gasteiger partial charge in [-0.2, -0.15) is 0 Å². The zero-order valence-corrected chi connectivity index (χ0v) is 12.5. The maximum Gasteiger partial charge on any atom is 0.279 e. The van der Waals surface area contributed by atoms with E-state index >= 15 is 0 Å². The highest BCUT2D eigenvalue weighted by molar-refractivity contribution is 6.47. The van der Waals surface area contributed by atoms with Gasteiger partial charge in [0.1, 0.15) is 10.7 Å². The summed E-state index contributed by atoms with van der Waals surface area (Å²) in [5, 5.41) is 0.141. The van der Waals surface area contributed by atoms with Gasteiger partial charge in [-0.25, -0.2) is 0 Å². The van der Waals surface area contributed by atoms with Crippen LogP contribution in [0.15, 0.2) is 10.7 Å². The van der Waals surface area contributed by atoms with Gasteiger partial charge in [-0.05, 0) is 32.1 Å². The van der Waals surface area contributed by atoms with E-state index in [4.69, 9.17) is 11.6 Å². The Bertz CT molecular complexity index is 449. The summed E-state index contributed by atoms with van der Waals surface area (Å²) in [7, 11) is 0. The lowest BCUT2D eigenvalue weighted by molar-refractivity contribution is -0.141. The van der Waals surface area contributed by atoms with Crippen LogP contribution in [0.1, 0.15) is 51.4 Å². The number of amides is 2. The molecule has 0 spiro atoms. The number of rotatable bonds is 2. The molecule has 0 aromatic heterocycles. The van der Waals surface area contributed by atoms with E-state index < -0.39 is 0 Å². The van der Waals surface area contributed by atoms with Crippen LogP contribution in [0.5, 0.6) is 0 Å². The van der Waals surface area contributed by atoms with Crippen LogP contribution in [0.3, 0.4) is 0 Å². The molecule has 0 N–H and O–H groups in total. The van der Waals surface area contributed by atoms with E-state index in [0.29, 0.717) is 5.70 Å². The van der Waals surface area contributed by atoms with Crippen molar-refractivity contribution in [3.05, 3.63) is 10.7 Å². The normalized spacial score (nSPS) is 25.9. The van der Waals surface area contributed by atoms with E-state index in [1.165, 1.54) is 17.7 Å². The average Bonchev–Trinajstić information content (AvgIpc) is 2.71. The van der Waals surface area contributed by atoms with Crippen molar-refractivity contribution >= 4 is 23.4 Å². The molecule has 2 heterocycles. The standard InChI is InChI=1S/C15H21ClN2O2/c16-12-13(17-9-5-2-6-10-17)15(20)18(14(12)19)11-7-3-1-4-8-11/h11H,1-10H2. The maximum absolute atomic E-state index is 12.6. The predicted octanol–water partition coefficient (Wildman–Crippen LogP) is 2.62. The second-order valence-electron chi connectivity index (χ2n) is 5.98. The first-order chi connectivity index (χ1) is 9.70. The summed E-state index contributed by atoms with van der Waals surface area (Å²) >= 11 is 6.20. The van der Waals surface area contributed by atoms with Gasteiger partial charge in [0, 0.05) is 19.1 Å². The minimum absolute atomic E-state index is 0.0554. The smallest absolute Gasteiger partial charge is 0.279 e. The molecule has 20 heavy (non-hydrogen) atoms. The van der Waals surface area contributed by atoms with E-state index in [9.17, 15) is 9.59 Å². The van der Waals surface area contributed by atoms with Crippen LogP contribution in [0.2, 0.25) is 0 Å². The zero-order chi connectivity index (χ0) is 14.1. The molecule has 5 heteroatoms. The highest BCUT2D eigenvalue weighted by Crippen LogP contribution is 2.33. The van der Waals surface area contributed by atoms with Gasteiger partial charge < -0.3 is 4.90 Å². The number of imide groups is 1. The molecule has 0 unspecified atom stereocenters. The molecule has 2 amide bonds. The molecule has 1 saturated heterocycles. The fraction of sp³-hybridized carbons (Fsp3) is 0.733. The number of hydrogen-bond donors (Lipinski definition) is 0. The lowest BCUT2D eigenvalue weighted by Crippen LogP contribution is -2.44. The van der Waals surface area contributed by atoms with E-state index in [2.05, 4.69) is 0 Å². The highest BCUT2D eigenvalue weighted by atomic mass is 35.5. The van der Waals surface area contributed by atoms with Crippen molar-refractivity contribution in [2.75, 3.05) is 13.1 Å².